The summed E-state index contributed by atoms with van der Waals surface area (Å²) in [5, 5.41) is 3.00. The molecule has 0 unspecified atom stereocenters. The van der Waals surface area contributed by atoms with Crippen LogP contribution in [0.5, 0.6) is 5.75 Å². The molecule has 0 spiro atoms. The molecule has 2 amide bonds. The zero-order valence-corrected chi connectivity index (χ0v) is 27.8. The van der Waals surface area contributed by atoms with Crippen LogP contribution in [0.2, 0.25) is 0 Å². The number of unbranched alkanes of at least 4 members (excludes halogenated alkanes) is 1. The zero-order chi connectivity index (χ0) is 32.2. The molecule has 8 nitrogen and oxygen atoms in total. The van der Waals surface area contributed by atoms with E-state index in [1.54, 1.807) is 42.5 Å². The molecule has 4 aromatic carbocycles. The number of sulfonamides is 1. The fourth-order valence-electron chi connectivity index (χ4n) is 4.89. The molecule has 4 rings (SSSR count). The van der Waals surface area contributed by atoms with Gasteiger partial charge < -0.3 is 15.0 Å². The molecule has 0 fully saturated rings. The van der Waals surface area contributed by atoms with Gasteiger partial charge in [0.05, 0.1) is 17.7 Å². The molecule has 0 aliphatic rings. The Morgan fingerprint density at radius 2 is 1.51 bits per heavy atom. The van der Waals surface area contributed by atoms with Gasteiger partial charge in [-0.05, 0) is 66.1 Å². The van der Waals surface area contributed by atoms with Crippen molar-refractivity contribution in [1.82, 2.24) is 10.2 Å². The minimum absolute atomic E-state index is 0.0466. The van der Waals surface area contributed by atoms with Gasteiger partial charge in [0.1, 0.15) is 18.3 Å². The Labute approximate surface area is 274 Å². The number of methoxy groups -OCH3 is 1. The minimum Gasteiger partial charge on any atom is -0.497 e. The number of carbonyl (C=O) groups excluding carboxylic acids is 2. The van der Waals surface area contributed by atoms with Crippen LogP contribution in [0, 0.1) is 0 Å². The third kappa shape index (κ3) is 9.18. The monoisotopic (exact) mass is 691 g/mol. The molecule has 0 aliphatic carbocycles. The van der Waals surface area contributed by atoms with E-state index in [0.29, 0.717) is 18.0 Å². The quantitative estimate of drug-likeness (QED) is 0.150. The lowest BCUT2D eigenvalue weighted by molar-refractivity contribution is -0.140. The summed E-state index contributed by atoms with van der Waals surface area (Å²) in [5.74, 6) is -0.264. The smallest absolute Gasteiger partial charge is 0.264 e. The van der Waals surface area contributed by atoms with E-state index >= 15 is 0 Å². The first kappa shape index (κ1) is 33.7. The van der Waals surface area contributed by atoms with Gasteiger partial charge in [-0.1, -0.05) is 89.9 Å². The van der Waals surface area contributed by atoms with E-state index in [-0.39, 0.29) is 23.8 Å². The van der Waals surface area contributed by atoms with Crippen molar-refractivity contribution in [3.8, 4) is 5.75 Å². The number of nitrogens with one attached hydrogen (secondary N) is 1. The third-order valence-corrected chi connectivity index (χ3v) is 9.59. The summed E-state index contributed by atoms with van der Waals surface area (Å²) < 4.78 is 35.3. The number of rotatable bonds is 15. The van der Waals surface area contributed by atoms with Crippen molar-refractivity contribution >= 4 is 43.5 Å². The van der Waals surface area contributed by atoms with Gasteiger partial charge in [-0.3, -0.25) is 13.9 Å². The van der Waals surface area contributed by atoms with Crippen LogP contribution < -0.4 is 14.4 Å². The summed E-state index contributed by atoms with van der Waals surface area (Å²) in [5.41, 5.74) is 1.96. The van der Waals surface area contributed by atoms with E-state index in [4.69, 9.17) is 4.74 Å². The molecule has 1 N–H and O–H groups in total. The first-order valence-corrected chi connectivity index (χ1v) is 17.0. The summed E-state index contributed by atoms with van der Waals surface area (Å²) in [7, 11) is -2.64. The highest BCUT2D eigenvalue weighted by Gasteiger charge is 2.34. The lowest BCUT2D eigenvalue weighted by Crippen LogP contribution is -2.53. The van der Waals surface area contributed by atoms with Gasteiger partial charge in [0.2, 0.25) is 11.8 Å². The van der Waals surface area contributed by atoms with Crippen LogP contribution in [0.4, 0.5) is 5.69 Å². The molecule has 236 valence electrons. The van der Waals surface area contributed by atoms with Crippen molar-refractivity contribution < 1.29 is 22.7 Å². The second-order valence-electron chi connectivity index (χ2n) is 10.5. The minimum atomic E-state index is -4.17. The molecule has 0 radical (unpaired) electrons. The molecule has 0 aromatic heterocycles. The van der Waals surface area contributed by atoms with Gasteiger partial charge in [-0.2, -0.15) is 0 Å². The molecule has 0 saturated heterocycles. The Morgan fingerprint density at radius 3 is 2.13 bits per heavy atom. The maximum Gasteiger partial charge on any atom is 0.264 e. The summed E-state index contributed by atoms with van der Waals surface area (Å²) in [6.07, 6.45) is 1.95. The van der Waals surface area contributed by atoms with Gasteiger partial charge >= 0.3 is 0 Å². The van der Waals surface area contributed by atoms with Crippen LogP contribution >= 0.6 is 15.9 Å². The number of benzene rings is 4. The molecule has 10 heteroatoms. The first-order chi connectivity index (χ1) is 21.7. The molecule has 4 aromatic rings. The van der Waals surface area contributed by atoms with Crippen LogP contribution in [0.1, 0.15) is 30.9 Å². The van der Waals surface area contributed by atoms with E-state index in [0.717, 1.165) is 32.7 Å². The van der Waals surface area contributed by atoms with Crippen molar-refractivity contribution in [2.45, 2.75) is 43.7 Å². The summed E-state index contributed by atoms with van der Waals surface area (Å²) >= 11 is 3.51. The van der Waals surface area contributed by atoms with Crippen molar-refractivity contribution in [2.24, 2.45) is 0 Å². The van der Waals surface area contributed by atoms with Crippen LogP contribution in [0.15, 0.2) is 119 Å². The molecule has 0 aliphatic heterocycles. The number of nitrogens with zero attached hydrogens (tertiary/aromatic N) is 2. The van der Waals surface area contributed by atoms with Crippen molar-refractivity contribution in [3.05, 3.63) is 125 Å². The zero-order valence-electron chi connectivity index (χ0n) is 25.4. The fraction of sp³-hybridized carbons (Fsp3) is 0.257. The number of carbonyl (C=O) groups is 2. The largest absolute Gasteiger partial charge is 0.497 e. The number of ether oxygens (including phenoxy) is 1. The molecule has 0 saturated carbocycles. The van der Waals surface area contributed by atoms with Gasteiger partial charge in [-0.25, -0.2) is 8.42 Å². The second-order valence-corrected chi connectivity index (χ2v) is 13.3. The van der Waals surface area contributed by atoms with E-state index in [2.05, 4.69) is 21.2 Å². The van der Waals surface area contributed by atoms with E-state index in [1.807, 2.05) is 61.5 Å². The standard InChI is InChI=1S/C35H38BrN3O5S/c1-3-4-22-37-35(41)33(24-27-12-7-5-8-13-27)38(25-28-14-11-15-29(36)23-28)34(40)26-39(30-18-20-31(44-2)21-19-30)45(42,43)32-16-9-6-10-17-32/h5-21,23,33H,3-4,22,24-26H2,1-2H3,(H,37,41)/t33-/m0/s1. The van der Waals surface area contributed by atoms with Crippen molar-refractivity contribution in [3.63, 3.8) is 0 Å². The van der Waals surface area contributed by atoms with E-state index < -0.39 is 28.5 Å². The summed E-state index contributed by atoms with van der Waals surface area (Å²) in [4.78, 5) is 29.8. The van der Waals surface area contributed by atoms with Gasteiger partial charge in [0.25, 0.3) is 10.0 Å². The van der Waals surface area contributed by atoms with Crippen LogP contribution in [0.3, 0.4) is 0 Å². The van der Waals surface area contributed by atoms with E-state index in [9.17, 15) is 18.0 Å². The Balaban J connectivity index is 1.78. The number of hydrogen-bond donors (Lipinski definition) is 1. The van der Waals surface area contributed by atoms with Crippen molar-refractivity contribution in [1.29, 1.82) is 0 Å². The molecule has 1 atom stereocenters. The SMILES string of the molecule is CCCCNC(=O)[C@H](Cc1ccccc1)N(Cc1cccc(Br)c1)C(=O)CN(c1ccc(OC)cc1)S(=O)(=O)c1ccccc1. The van der Waals surface area contributed by atoms with Crippen LogP contribution in [0.25, 0.3) is 0 Å². The molecule has 0 bridgehead atoms. The Kier molecular flexibility index (Phi) is 12.2. The number of hydrogen-bond acceptors (Lipinski definition) is 5. The Bertz CT molecular complexity index is 1650. The van der Waals surface area contributed by atoms with E-state index in [1.165, 1.54) is 24.1 Å². The third-order valence-electron chi connectivity index (χ3n) is 7.31. The molecular weight excluding hydrogens is 654 g/mol. The Hall–Kier alpha value is -4.15. The number of halogens is 1. The molecule has 45 heavy (non-hydrogen) atoms. The number of anilines is 1. The number of amides is 2. The van der Waals surface area contributed by atoms with Gasteiger partial charge in [0, 0.05) is 24.0 Å². The summed E-state index contributed by atoms with van der Waals surface area (Å²) in [6.45, 7) is 2.08. The Morgan fingerprint density at radius 1 is 0.867 bits per heavy atom. The van der Waals surface area contributed by atoms with Gasteiger partial charge in [-0.15, -0.1) is 0 Å². The lowest BCUT2D eigenvalue weighted by Gasteiger charge is -2.34. The highest BCUT2D eigenvalue weighted by molar-refractivity contribution is 9.10. The maximum atomic E-state index is 14.5. The second kappa shape index (κ2) is 16.2. The maximum absolute atomic E-state index is 14.5. The lowest BCUT2D eigenvalue weighted by atomic mass is 10.0. The summed E-state index contributed by atoms with van der Waals surface area (Å²) in [6, 6.07) is 30.6. The molecular formula is C35H38BrN3O5S. The predicted molar refractivity (Wildman–Crippen MR) is 181 cm³/mol. The van der Waals surface area contributed by atoms with Crippen LogP contribution in [-0.4, -0.2) is 51.4 Å². The van der Waals surface area contributed by atoms with Crippen molar-refractivity contribution in [2.75, 3.05) is 24.5 Å². The highest BCUT2D eigenvalue weighted by atomic mass is 79.9. The van der Waals surface area contributed by atoms with Gasteiger partial charge in [0.15, 0.2) is 0 Å². The molecule has 0 heterocycles. The predicted octanol–water partition coefficient (Wildman–Crippen LogP) is 6.21. The average Bonchev–Trinajstić information content (AvgIpc) is 3.06. The fourth-order valence-corrected chi connectivity index (χ4v) is 6.77. The topological polar surface area (TPSA) is 96.0 Å². The van der Waals surface area contributed by atoms with Crippen LogP contribution in [-0.2, 0) is 32.6 Å². The highest BCUT2D eigenvalue weighted by Crippen LogP contribution is 2.27. The first-order valence-electron chi connectivity index (χ1n) is 14.8. The average molecular weight is 693 g/mol. The normalized spacial score (nSPS) is 11.8.